The molecule has 1 aliphatic rings. The highest BCUT2D eigenvalue weighted by atomic mass is 32.1. The van der Waals surface area contributed by atoms with Crippen molar-refractivity contribution in [3.8, 4) is 10.4 Å². The Balaban J connectivity index is 0.000000638. The fourth-order valence-corrected chi connectivity index (χ4v) is 4.95. The van der Waals surface area contributed by atoms with Gasteiger partial charge in [0.15, 0.2) is 0 Å². The van der Waals surface area contributed by atoms with Crippen molar-refractivity contribution in [2.45, 2.75) is 77.9 Å². The minimum absolute atomic E-state index is 0.0995. The van der Waals surface area contributed by atoms with Gasteiger partial charge in [-0.25, -0.2) is 19.4 Å². The number of rotatable bonds is 8. The molecular formula is C26H39N5O6S. The van der Waals surface area contributed by atoms with Gasteiger partial charge >= 0.3 is 18.2 Å². The van der Waals surface area contributed by atoms with Crippen LogP contribution in [0.1, 0.15) is 70.7 Å². The van der Waals surface area contributed by atoms with Gasteiger partial charge in [0.1, 0.15) is 0 Å². The van der Waals surface area contributed by atoms with E-state index in [1.54, 1.807) is 51.2 Å². The predicted molar refractivity (Wildman–Crippen MR) is 149 cm³/mol. The Morgan fingerprint density at radius 1 is 1.08 bits per heavy atom. The molecule has 2 aromatic rings. The third-order valence-electron chi connectivity index (χ3n) is 5.35. The first-order chi connectivity index (χ1) is 18.1. The Labute approximate surface area is 227 Å². The molecule has 1 aromatic heterocycles. The molecule has 0 radical (unpaired) electrons. The van der Waals surface area contributed by atoms with Gasteiger partial charge in [-0.3, -0.25) is 5.32 Å². The Morgan fingerprint density at radius 2 is 1.76 bits per heavy atom. The number of carbonyl (C=O) groups excluding carboxylic acids is 3. The second-order valence-electron chi connectivity index (χ2n) is 9.33. The third-order valence-corrected chi connectivity index (χ3v) is 6.54. The Morgan fingerprint density at radius 3 is 2.34 bits per heavy atom. The number of anilines is 2. The maximum Gasteiger partial charge on any atom is 0.411 e. The topological polar surface area (TPSA) is 165 Å². The number of primary amides is 1. The molecule has 6 N–H and O–H groups in total. The highest BCUT2D eigenvalue weighted by Gasteiger charge is 2.20. The van der Waals surface area contributed by atoms with E-state index in [4.69, 9.17) is 9.84 Å². The van der Waals surface area contributed by atoms with E-state index in [0.29, 0.717) is 17.3 Å². The van der Waals surface area contributed by atoms with E-state index < -0.39 is 18.2 Å². The van der Waals surface area contributed by atoms with E-state index in [1.807, 2.05) is 12.3 Å². The number of hydrogen-bond acceptors (Lipinski definition) is 8. The van der Waals surface area contributed by atoms with Crippen LogP contribution in [-0.2, 0) is 9.47 Å². The van der Waals surface area contributed by atoms with Crippen molar-refractivity contribution in [2.24, 2.45) is 5.73 Å². The van der Waals surface area contributed by atoms with E-state index >= 15 is 0 Å². The van der Waals surface area contributed by atoms with Crippen LogP contribution in [0.25, 0.3) is 10.4 Å². The lowest BCUT2D eigenvalue weighted by Gasteiger charge is -2.19. The summed E-state index contributed by atoms with van der Waals surface area (Å²) in [5, 5.41) is 18.1. The third kappa shape index (κ3) is 10.9. The van der Waals surface area contributed by atoms with Crippen LogP contribution in [0, 0.1) is 0 Å². The lowest BCUT2D eigenvalue weighted by atomic mass is 9.90. The summed E-state index contributed by atoms with van der Waals surface area (Å²) in [6.07, 6.45) is 6.35. The number of aliphatic hydroxyl groups is 1. The van der Waals surface area contributed by atoms with Crippen molar-refractivity contribution in [2.75, 3.05) is 23.8 Å². The number of ether oxygens (including phenoxy) is 2. The standard InChI is InChI=1S/C22H30N4O4S.C4H9NO2/c1-14(2)30-22(29)25-16-8-9-17(18(12-16)26-21(28)23-10-11-27)19-13-24-20(31-19)15-6-4-3-5-7-15;1-3(2)7-4(5)6/h8-9,12-15,27H,3-7,10-11H2,1-2H3,(H,25,29)(H2,23,26,28);3H,1-2H3,(H2,5,6). The molecule has 210 valence electrons. The molecule has 0 aliphatic heterocycles. The summed E-state index contributed by atoms with van der Waals surface area (Å²) in [5.41, 5.74) is 6.50. The first-order valence-corrected chi connectivity index (χ1v) is 13.6. The summed E-state index contributed by atoms with van der Waals surface area (Å²) >= 11 is 1.64. The molecule has 0 spiro atoms. The number of thiazole rings is 1. The van der Waals surface area contributed by atoms with Gasteiger partial charge < -0.3 is 30.9 Å². The second kappa shape index (κ2) is 15.8. The van der Waals surface area contributed by atoms with Crippen molar-refractivity contribution in [3.05, 3.63) is 29.4 Å². The minimum atomic E-state index is -0.713. The van der Waals surface area contributed by atoms with Gasteiger partial charge in [0, 0.05) is 29.9 Å². The average Bonchev–Trinajstić information content (AvgIpc) is 3.32. The zero-order valence-electron chi connectivity index (χ0n) is 22.4. The number of urea groups is 1. The Hall–Kier alpha value is -3.38. The van der Waals surface area contributed by atoms with Crippen LogP contribution < -0.4 is 21.7 Å². The Kier molecular flexibility index (Phi) is 12.8. The molecule has 4 amide bonds. The second-order valence-corrected chi connectivity index (χ2v) is 10.4. The summed E-state index contributed by atoms with van der Waals surface area (Å²) in [6.45, 7) is 7.02. The number of nitrogens with two attached hydrogens (primary N) is 1. The highest BCUT2D eigenvalue weighted by molar-refractivity contribution is 7.15. The zero-order valence-corrected chi connectivity index (χ0v) is 23.2. The van der Waals surface area contributed by atoms with Crippen molar-refractivity contribution in [1.29, 1.82) is 0 Å². The molecule has 38 heavy (non-hydrogen) atoms. The van der Waals surface area contributed by atoms with Crippen molar-refractivity contribution in [3.63, 3.8) is 0 Å². The zero-order chi connectivity index (χ0) is 28.1. The fraction of sp³-hybridized carbons (Fsp3) is 0.538. The lowest BCUT2D eigenvalue weighted by Crippen LogP contribution is -2.31. The van der Waals surface area contributed by atoms with E-state index in [9.17, 15) is 14.4 Å². The number of hydrogen-bond donors (Lipinski definition) is 5. The molecule has 11 nitrogen and oxygen atoms in total. The summed E-state index contributed by atoms with van der Waals surface area (Å²) in [4.78, 5) is 39.6. The monoisotopic (exact) mass is 549 g/mol. The predicted octanol–water partition coefficient (Wildman–Crippen LogP) is 5.42. The van der Waals surface area contributed by atoms with Crippen LogP contribution >= 0.6 is 11.3 Å². The maximum atomic E-state index is 12.2. The molecule has 1 fully saturated rings. The van der Waals surface area contributed by atoms with Gasteiger partial charge in [-0.2, -0.15) is 0 Å². The molecule has 1 aliphatic carbocycles. The lowest BCUT2D eigenvalue weighted by molar-refractivity contribution is 0.125. The van der Waals surface area contributed by atoms with Gasteiger partial charge in [-0.1, -0.05) is 19.3 Å². The molecule has 12 heteroatoms. The van der Waals surface area contributed by atoms with Crippen LogP contribution in [0.15, 0.2) is 24.4 Å². The number of benzene rings is 1. The van der Waals surface area contributed by atoms with E-state index in [-0.39, 0.29) is 25.4 Å². The summed E-state index contributed by atoms with van der Waals surface area (Å²) in [5.74, 6) is 0.503. The highest BCUT2D eigenvalue weighted by Crippen LogP contribution is 2.40. The smallest absolute Gasteiger partial charge is 0.411 e. The summed E-state index contributed by atoms with van der Waals surface area (Å²) in [6, 6.07) is 4.88. The van der Waals surface area contributed by atoms with Crippen LogP contribution in [-0.4, -0.2) is 53.7 Å². The molecule has 0 bridgehead atoms. The molecule has 1 aromatic carbocycles. The van der Waals surface area contributed by atoms with E-state index in [1.165, 1.54) is 32.1 Å². The number of nitrogens with zero attached hydrogens (tertiary/aromatic N) is 1. The van der Waals surface area contributed by atoms with Gasteiger partial charge in [0.2, 0.25) is 0 Å². The first-order valence-electron chi connectivity index (χ1n) is 12.8. The van der Waals surface area contributed by atoms with Crippen molar-refractivity contribution < 1.29 is 29.0 Å². The first kappa shape index (κ1) is 30.8. The van der Waals surface area contributed by atoms with Crippen molar-refractivity contribution >= 4 is 40.9 Å². The quantitative estimate of drug-likeness (QED) is 0.293. The van der Waals surface area contributed by atoms with E-state index in [0.717, 1.165) is 15.4 Å². The van der Waals surface area contributed by atoms with E-state index in [2.05, 4.69) is 31.4 Å². The SMILES string of the molecule is CC(C)OC(=O)Nc1ccc(-c2cnc(C3CCCCC3)s2)c(NC(=O)NCCO)c1.CC(C)OC(N)=O. The molecule has 3 rings (SSSR count). The van der Waals surface area contributed by atoms with Gasteiger partial charge in [0.25, 0.3) is 0 Å². The molecule has 0 saturated heterocycles. The molecular weight excluding hydrogens is 510 g/mol. The number of aromatic nitrogens is 1. The molecule has 1 saturated carbocycles. The van der Waals surface area contributed by atoms with Crippen LogP contribution in [0.3, 0.4) is 0 Å². The number of nitrogens with one attached hydrogen (secondary N) is 3. The number of amides is 4. The maximum absolute atomic E-state index is 12.2. The van der Waals surface area contributed by atoms with Gasteiger partial charge in [0.05, 0.1) is 34.4 Å². The van der Waals surface area contributed by atoms with Crippen LogP contribution in [0.2, 0.25) is 0 Å². The average molecular weight is 550 g/mol. The molecule has 0 unspecified atom stereocenters. The number of carbonyl (C=O) groups is 3. The van der Waals surface area contributed by atoms with Crippen molar-refractivity contribution in [1.82, 2.24) is 10.3 Å². The normalized spacial score (nSPS) is 13.3. The van der Waals surface area contributed by atoms with Crippen LogP contribution in [0.4, 0.5) is 25.8 Å². The summed E-state index contributed by atoms with van der Waals surface area (Å²) in [7, 11) is 0. The molecule has 1 heterocycles. The largest absolute Gasteiger partial charge is 0.447 e. The minimum Gasteiger partial charge on any atom is -0.447 e. The van der Waals surface area contributed by atoms with Gasteiger partial charge in [-0.15, -0.1) is 11.3 Å². The van der Waals surface area contributed by atoms with Gasteiger partial charge in [-0.05, 0) is 58.7 Å². The van der Waals surface area contributed by atoms with Crippen LogP contribution in [0.5, 0.6) is 0 Å². The summed E-state index contributed by atoms with van der Waals surface area (Å²) < 4.78 is 9.52. The number of aliphatic hydroxyl groups excluding tert-OH is 1. The Bertz CT molecular complexity index is 1050. The molecule has 0 atom stereocenters. The fourth-order valence-electron chi connectivity index (χ4n) is 3.82.